The second-order valence-electron chi connectivity index (χ2n) is 9.20. The molecule has 0 bridgehead atoms. The molecule has 1 aromatic heterocycles. The number of thiophene rings is 1. The number of fused-ring (bicyclic) bond motifs is 2. The highest BCUT2D eigenvalue weighted by Crippen LogP contribution is 2.52. The van der Waals surface area contributed by atoms with Gasteiger partial charge in [0.1, 0.15) is 6.61 Å². The van der Waals surface area contributed by atoms with E-state index >= 15 is 0 Å². The van der Waals surface area contributed by atoms with E-state index in [1.807, 2.05) is 34.5 Å². The van der Waals surface area contributed by atoms with E-state index in [0.717, 1.165) is 24.0 Å². The standard InChI is InChI=1S/C27H32N2O5S/c1-4-13-34-26-25(28-23(31)16-33-3)20-7-5-6-8-21(20)27(26)9-11-29(12-10-27)24(32)15-19-14-22(18(2)30)35-17-19/h4-8,14,17,25-26H,1,9-13,15-16H2,2-3H3,(H,28,31)/t25-,26+/m1/s1. The van der Waals surface area contributed by atoms with Crippen LogP contribution < -0.4 is 5.32 Å². The summed E-state index contributed by atoms with van der Waals surface area (Å²) in [5.74, 6) is -0.108. The number of nitrogens with one attached hydrogen (secondary N) is 1. The van der Waals surface area contributed by atoms with E-state index in [4.69, 9.17) is 9.47 Å². The van der Waals surface area contributed by atoms with Crippen molar-refractivity contribution >= 4 is 28.9 Å². The summed E-state index contributed by atoms with van der Waals surface area (Å²) >= 11 is 1.38. The number of ether oxygens (including phenoxy) is 2. The second kappa shape index (κ2) is 10.8. The van der Waals surface area contributed by atoms with Gasteiger partial charge in [-0.25, -0.2) is 0 Å². The van der Waals surface area contributed by atoms with Crippen LogP contribution in [0.3, 0.4) is 0 Å². The lowest BCUT2D eigenvalue weighted by Gasteiger charge is -2.44. The molecule has 7 nitrogen and oxygen atoms in total. The number of likely N-dealkylation sites (tertiary alicyclic amines) is 1. The lowest BCUT2D eigenvalue weighted by Crippen LogP contribution is -2.52. The number of methoxy groups -OCH3 is 1. The second-order valence-corrected chi connectivity index (χ2v) is 10.1. The van der Waals surface area contributed by atoms with Crippen LogP contribution in [-0.2, 0) is 30.9 Å². The average molecular weight is 497 g/mol. The van der Waals surface area contributed by atoms with Crippen LogP contribution in [0.5, 0.6) is 0 Å². The first-order valence-electron chi connectivity index (χ1n) is 11.9. The highest BCUT2D eigenvalue weighted by molar-refractivity contribution is 7.12. The first-order chi connectivity index (χ1) is 16.9. The topological polar surface area (TPSA) is 84.9 Å². The van der Waals surface area contributed by atoms with Crippen LogP contribution in [0.4, 0.5) is 0 Å². The highest BCUT2D eigenvalue weighted by Gasteiger charge is 2.54. The molecule has 0 saturated carbocycles. The van der Waals surface area contributed by atoms with E-state index < -0.39 is 0 Å². The summed E-state index contributed by atoms with van der Waals surface area (Å²) in [7, 11) is 1.50. The molecular formula is C27H32N2O5S. The fourth-order valence-corrected chi connectivity index (χ4v) is 6.25. The van der Waals surface area contributed by atoms with Gasteiger partial charge in [0.05, 0.1) is 30.1 Å². The number of ketones is 1. The van der Waals surface area contributed by atoms with Crippen molar-refractivity contribution in [2.75, 3.05) is 33.4 Å². The Morgan fingerprint density at radius 3 is 2.66 bits per heavy atom. The molecule has 35 heavy (non-hydrogen) atoms. The number of rotatable bonds is 9. The number of carbonyl (C=O) groups excluding carboxylic acids is 3. The highest BCUT2D eigenvalue weighted by atomic mass is 32.1. The largest absolute Gasteiger partial charge is 0.375 e. The Labute approximate surface area is 210 Å². The molecule has 1 aliphatic carbocycles. The Bertz CT molecular complexity index is 1100. The van der Waals surface area contributed by atoms with Crippen molar-refractivity contribution in [1.82, 2.24) is 10.2 Å². The van der Waals surface area contributed by atoms with Gasteiger partial charge in [-0.3, -0.25) is 14.4 Å². The van der Waals surface area contributed by atoms with Crippen LogP contribution in [0.1, 0.15) is 52.2 Å². The molecular weight excluding hydrogens is 464 g/mol. The van der Waals surface area contributed by atoms with Gasteiger partial charge in [-0.15, -0.1) is 17.9 Å². The van der Waals surface area contributed by atoms with Gasteiger partial charge in [0.2, 0.25) is 11.8 Å². The Kier molecular flexibility index (Phi) is 7.84. The zero-order valence-corrected chi connectivity index (χ0v) is 21.1. The van der Waals surface area contributed by atoms with Crippen molar-refractivity contribution in [2.24, 2.45) is 0 Å². The van der Waals surface area contributed by atoms with Crippen molar-refractivity contribution < 1.29 is 23.9 Å². The Hall–Kier alpha value is -2.81. The quantitative estimate of drug-likeness (QED) is 0.425. The normalized spacial score (nSPS) is 20.5. The van der Waals surface area contributed by atoms with E-state index in [1.54, 1.807) is 6.08 Å². The van der Waals surface area contributed by atoms with Gasteiger partial charge in [-0.2, -0.15) is 0 Å². The van der Waals surface area contributed by atoms with Crippen LogP contribution in [-0.4, -0.2) is 62.0 Å². The van der Waals surface area contributed by atoms with Crippen LogP contribution in [0.25, 0.3) is 0 Å². The molecule has 1 aliphatic heterocycles. The number of amides is 2. The molecule has 2 atom stereocenters. The Morgan fingerprint density at radius 2 is 2.00 bits per heavy atom. The monoisotopic (exact) mass is 496 g/mol. The molecule has 8 heteroatoms. The molecule has 4 rings (SSSR count). The first kappa shape index (κ1) is 25.3. The minimum absolute atomic E-state index is 0.0178. The van der Waals surface area contributed by atoms with E-state index in [-0.39, 0.29) is 41.8 Å². The Morgan fingerprint density at radius 1 is 1.26 bits per heavy atom. The SMILES string of the molecule is C=CCO[C@H]1[C@H](NC(=O)COC)c2ccccc2C12CCN(C(=O)Cc1csc(C(C)=O)c1)CC2. The Balaban J connectivity index is 1.53. The van der Waals surface area contributed by atoms with Crippen LogP contribution in [0, 0.1) is 0 Å². The van der Waals surface area contributed by atoms with E-state index in [9.17, 15) is 14.4 Å². The van der Waals surface area contributed by atoms with Gasteiger partial charge in [-0.05, 0) is 47.9 Å². The molecule has 1 saturated heterocycles. The summed E-state index contributed by atoms with van der Waals surface area (Å²) in [5.41, 5.74) is 2.80. The molecule has 2 aromatic rings. The molecule has 2 amide bonds. The van der Waals surface area contributed by atoms with E-state index in [2.05, 4.69) is 18.0 Å². The van der Waals surface area contributed by atoms with Crippen molar-refractivity contribution in [3.8, 4) is 0 Å². The third-order valence-corrected chi connectivity index (χ3v) is 8.11. The molecule has 186 valence electrons. The van der Waals surface area contributed by atoms with Crippen LogP contribution in [0.2, 0.25) is 0 Å². The number of hydrogen-bond acceptors (Lipinski definition) is 6. The van der Waals surface area contributed by atoms with Crippen LogP contribution >= 0.6 is 11.3 Å². The van der Waals surface area contributed by atoms with Crippen LogP contribution in [0.15, 0.2) is 48.4 Å². The van der Waals surface area contributed by atoms with Gasteiger partial charge >= 0.3 is 0 Å². The summed E-state index contributed by atoms with van der Waals surface area (Å²) in [5, 5.41) is 5.00. The minimum atomic E-state index is -0.314. The van der Waals surface area contributed by atoms with Gasteiger partial charge in [0.25, 0.3) is 0 Å². The molecule has 2 heterocycles. The average Bonchev–Trinajstić information content (AvgIpc) is 3.41. The minimum Gasteiger partial charge on any atom is -0.375 e. The molecule has 2 aliphatic rings. The molecule has 1 fully saturated rings. The van der Waals surface area contributed by atoms with Gasteiger partial charge in [-0.1, -0.05) is 30.3 Å². The summed E-state index contributed by atoms with van der Waals surface area (Å²) in [6.07, 6.45) is 3.21. The maximum atomic E-state index is 13.1. The zero-order valence-electron chi connectivity index (χ0n) is 20.2. The molecule has 0 unspecified atom stereocenters. The van der Waals surface area contributed by atoms with Gasteiger partial charge in [0.15, 0.2) is 5.78 Å². The third kappa shape index (κ3) is 5.10. The molecule has 1 aromatic carbocycles. The van der Waals surface area contributed by atoms with Gasteiger partial charge < -0.3 is 19.7 Å². The number of carbonyl (C=O) groups is 3. The fourth-order valence-electron chi connectivity index (χ4n) is 5.43. The lowest BCUT2D eigenvalue weighted by molar-refractivity contribution is -0.133. The molecule has 0 radical (unpaired) electrons. The summed E-state index contributed by atoms with van der Waals surface area (Å²) < 4.78 is 11.4. The first-order valence-corrected chi connectivity index (χ1v) is 12.7. The summed E-state index contributed by atoms with van der Waals surface area (Å²) in [4.78, 5) is 39.7. The lowest BCUT2D eigenvalue weighted by atomic mass is 9.71. The van der Waals surface area contributed by atoms with Crippen molar-refractivity contribution in [3.63, 3.8) is 0 Å². The summed E-state index contributed by atoms with van der Waals surface area (Å²) in [6.45, 7) is 6.90. The maximum Gasteiger partial charge on any atom is 0.246 e. The molecule has 1 N–H and O–H groups in total. The number of hydrogen-bond donors (Lipinski definition) is 1. The zero-order chi connectivity index (χ0) is 25.0. The van der Waals surface area contributed by atoms with E-state index in [0.29, 0.717) is 31.0 Å². The van der Waals surface area contributed by atoms with E-state index in [1.165, 1.54) is 30.9 Å². The van der Waals surface area contributed by atoms with Crippen molar-refractivity contribution in [1.29, 1.82) is 0 Å². The fraction of sp³-hybridized carbons (Fsp3) is 0.444. The number of piperidine rings is 1. The predicted molar refractivity (Wildman–Crippen MR) is 135 cm³/mol. The number of Topliss-reactive ketones (excluding diaryl/α,β-unsaturated/α-hetero) is 1. The van der Waals surface area contributed by atoms with Crippen molar-refractivity contribution in [2.45, 2.75) is 43.7 Å². The number of nitrogens with zero attached hydrogens (tertiary/aromatic N) is 1. The maximum absolute atomic E-state index is 13.1. The third-order valence-electron chi connectivity index (χ3n) is 7.03. The molecule has 1 spiro atoms. The van der Waals surface area contributed by atoms with Crippen molar-refractivity contribution in [3.05, 3.63) is 69.9 Å². The smallest absolute Gasteiger partial charge is 0.246 e. The van der Waals surface area contributed by atoms with Gasteiger partial charge in [0, 0.05) is 25.6 Å². The summed E-state index contributed by atoms with van der Waals surface area (Å²) in [6, 6.07) is 9.68. The number of benzene rings is 1. The predicted octanol–water partition coefficient (Wildman–Crippen LogP) is 3.44.